The topological polar surface area (TPSA) is 133 Å². The Hall–Kier alpha value is -3.62. The first-order valence-electron chi connectivity index (χ1n) is 7.71. The van der Waals surface area contributed by atoms with Gasteiger partial charge in [-0.2, -0.15) is 19.5 Å². The number of hydrogen-bond donors (Lipinski definition) is 3. The summed E-state index contributed by atoms with van der Waals surface area (Å²) in [7, 11) is 0. The van der Waals surface area contributed by atoms with Crippen LogP contribution in [0.25, 0.3) is 17.4 Å². The van der Waals surface area contributed by atoms with E-state index in [1.807, 2.05) is 24.3 Å². The standard InChI is InChI=1S/C16H16N8O/c17-11-4-1-3-10(9-11)6-7-19-15-21-14(18)24-16(22-15)20-13(23-24)12-5-2-8-25-12/h1-5,8-9H,6-7,17H2,(H3,18,19,20,21,22,23). The molecule has 0 bridgehead atoms. The van der Waals surface area contributed by atoms with Crippen LogP contribution in [0.1, 0.15) is 5.56 Å². The van der Waals surface area contributed by atoms with E-state index in [9.17, 15) is 0 Å². The summed E-state index contributed by atoms with van der Waals surface area (Å²) in [5, 5.41) is 7.40. The van der Waals surface area contributed by atoms with Gasteiger partial charge in [-0.3, -0.25) is 0 Å². The molecule has 0 aliphatic rings. The van der Waals surface area contributed by atoms with E-state index in [-0.39, 0.29) is 5.95 Å². The Balaban J connectivity index is 1.52. The van der Waals surface area contributed by atoms with Crippen LogP contribution < -0.4 is 16.8 Å². The molecule has 0 spiro atoms. The van der Waals surface area contributed by atoms with E-state index in [0.29, 0.717) is 29.9 Å². The quantitative estimate of drug-likeness (QED) is 0.468. The normalized spacial score (nSPS) is 11.0. The number of rotatable bonds is 5. The van der Waals surface area contributed by atoms with Crippen LogP contribution in [0.2, 0.25) is 0 Å². The number of benzene rings is 1. The number of aromatic nitrogens is 5. The molecule has 0 amide bonds. The molecule has 1 aromatic carbocycles. The number of hydrogen-bond acceptors (Lipinski definition) is 8. The van der Waals surface area contributed by atoms with Gasteiger partial charge < -0.3 is 21.2 Å². The van der Waals surface area contributed by atoms with Gasteiger partial charge in [-0.15, -0.1) is 5.10 Å². The van der Waals surface area contributed by atoms with Crippen molar-refractivity contribution in [2.75, 3.05) is 23.3 Å². The van der Waals surface area contributed by atoms with E-state index < -0.39 is 0 Å². The zero-order valence-corrected chi connectivity index (χ0v) is 13.3. The summed E-state index contributed by atoms with van der Waals surface area (Å²) in [5.74, 6) is 1.89. The summed E-state index contributed by atoms with van der Waals surface area (Å²) in [6.07, 6.45) is 2.34. The second-order valence-electron chi connectivity index (χ2n) is 5.45. The molecule has 0 aliphatic carbocycles. The Morgan fingerprint density at radius 2 is 2.00 bits per heavy atom. The van der Waals surface area contributed by atoms with Crippen LogP contribution in [-0.2, 0) is 6.42 Å². The largest absolute Gasteiger partial charge is 0.461 e. The lowest BCUT2D eigenvalue weighted by Gasteiger charge is -2.06. The summed E-state index contributed by atoms with van der Waals surface area (Å²) < 4.78 is 6.67. The molecule has 9 heteroatoms. The molecule has 0 atom stereocenters. The zero-order chi connectivity index (χ0) is 17.2. The number of anilines is 3. The summed E-state index contributed by atoms with van der Waals surface area (Å²) in [4.78, 5) is 12.9. The van der Waals surface area contributed by atoms with Crippen molar-refractivity contribution in [2.45, 2.75) is 6.42 Å². The fraction of sp³-hybridized carbons (Fsp3) is 0.125. The highest BCUT2D eigenvalue weighted by Crippen LogP contribution is 2.17. The molecule has 25 heavy (non-hydrogen) atoms. The first-order chi connectivity index (χ1) is 12.2. The molecular weight excluding hydrogens is 320 g/mol. The molecule has 0 saturated carbocycles. The van der Waals surface area contributed by atoms with Crippen LogP contribution in [0.5, 0.6) is 0 Å². The van der Waals surface area contributed by atoms with Gasteiger partial charge >= 0.3 is 0 Å². The van der Waals surface area contributed by atoms with Gasteiger partial charge in [0.25, 0.3) is 5.78 Å². The summed E-state index contributed by atoms with van der Waals surface area (Å²) >= 11 is 0. The van der Waals surface area contributed by atoms with Crippen LogP contribution >= 0.6 is 0 Å². The highest BCUT2D eigenvalue weighted by Gasteiger charge is 2.13. The van der Waals surface area contributed by atoms with Crippen molar-refractivity contribution in [3.63, 3.8) is 0 Å². The molecule has 126 valence electrons. The lowest BCUT2D eigenvalue weighted by molar-refractivity contribution is 0.577. The molecule has 4 aromatic rings. The molecule has 3 aromatic heterocycles. The van der Waals surface area contributed by atoms with E-state index >= 15 is 0 Å². The van der Waals surface area contributed by atoms with E-state index in [1.54, 1.807) is 18.4 Å². The Morgan fingerprint density at radius 3 is 2.80 bits per heavy atom. The Bertz CT molecular complexity index is 1010. The predicted octanol–water partition coefficient (Wildman–Crippen LogP) is 1.60. The fourth-order valence-corrected chi connectivity index (χ4v) is 2.46. The van der Waals surface area contributed by atoms with Gasteiger partial charge in [-0.1, -0.05) is 12.1 Å². The third-order valence-electron chi connectivity index (χ3n) is 3.62. The Labute approximate surface area is 142 Å². The van der Waals surface area contributed by atoms with Crippen LogP contribution in [0.4, 0.5) is 17.6 Å². The predicted molar refractivity (Wildman–Crippen MR) is 93.7 cm³/mol. The molecule has 3 heterocycles. The van der Waals surface area contributed by atoms with E-state index in [1.165, 1.54) is 4.52 Å². The monoisotopic (exact) mass is 336 g/mol. The second kappa shape index (κ2) is 6.11. The van der Waals surface area contributed by atoms with Gasteiger partial charge in [0.15, 0.2) is 5.76 Å². The highest BCUT2D eigenvalue weighted by atomic mass is 16.3. The Morgan fingerprint density at radius 1 is 1.08 bits per heavy atom. The summed E-state index contributed by atoms with van der Waals surface area (Å²) in [6, 6.07) is 11.3. The number of nitrogens with zero attached hydrogens (tertiary/aromatic N) is 5. The van der Waals surface area contributed by atoms with Crippen LogP contribution in [0.3, 0.4) is 0 Å². The summed E-state index contributed by atoms with van der Waals surface area (Å²) in [6.45, 7) is 0.637. The lowest BCUT2D eigenvalue weighted by Crippen LogP contribution is -2.12. The molecule has 4 rings (SSSR count). The number of fused-ring (bicyclic) bond motifs is 1. The summed E-state index contributed by atoms with van der Waals surface area (Å²) in [5.41, 5.74) is 13.6. The average Bonchev–Trinajstić information content (AvgIpc) is 3.24. The third kappa shape index (κ3) is 3.07. The van der Waals surface area contributed by atoms with Gasteiger partial charge in [-0.25, -0.2) is 0 Å². The third-order valence-corrected chi connectivity index (χ3v) is 3.62. The fourth-order valence-electron chi connectivity index (χ4n) is 2.46. The van der Waals surface area contributed by atoms with E-state index in [2.05, 4.69) is 25.4 Å². The minimum atomic E-state index is 0.196. The van der Waals surface area contributed by atoms with Crippen molar-refractivity contribution in [1.82, 2.24) is 24.6 Å². The maximum Gasteiger partial charge on any atom is 0.259 e. The zero-order valence-electron chi connectivity index (χ0n) is 13.3. The van der Waals surface area contributed by atoms with Gasteiger partial charge in [0.1, 0.15) is 0 Å². The second-order valence-corrected chi connectivity index (χ2v) is 5.45. The van der Waals surface area contributed by atoms with Crippen LogP contribution in [0, 0.1) is 0 Å². The molecule has 5 N–H and O–H groups in total. The van der Waals surface area contributed by atoms with Crippen molar-refractivity contribution in [2.24, 2.45) is 0 Å². The number of nitrogens with two attached hydrogens (primary N) is 2. The first-order valence-corrected chi connectivity index (χ1v) is 7.71. The van der Waals surface area contributed by atoms with E-state index in [4.69, 9.17) is 15.9 Å². The lowest BCUT2D eigenvalue weighted by atomic mass is 10.1. The molecule has 0 aliphatic heterocycles. The van der Waals surface area contributed by atoms with Gasteiger partial charge in [0.05, 0.1) is 6.26 Å². The molecule has 0 radical (unpaired) electrons. The number of furan rings is 1. The molecule has 0 unspecified atom stereocenters. The van der Waals surface area contributed by atoms with Gasteiger partial charge in [-0.05, 0) is 36.2 Å². The number of nitrogens with one attached hydrogen (secondary N) is 1. The molecule has 0 saturated heterocycles. The number of nitrogen functional groups attached to an aromatic ring is 2. The highest BCUT2D eigenvalue weighted by molar-refractivity contribution is 5.52. The van der Waals surface area contributed by atoms with Crippen molar-refractivity contribution in [1.29, 1.82) is 0 Å². The average molecular weight is 336 g/mol. The molecule has 9 nitrogen and oxygen atoms in total. The maximum absolute atomic E-state index is 5.95. The molecular formula is C16H16N8O. The van der Waals surface area contributed by atoms with Crippen LogP contribution in [0.15, 0.2) is 47.1 Å². The van der Waals surface area contributed by atoms with Crippen molar-refractivity contribution in [3.05, 3.63) is 48.2 Å². The minimum Gasteiger partial charge on any atom is -0.461 e. The minimum absolute atomic E-state index is 0.196. The maximum atomic E-state index is 5.95. The SMILES string of the molecule is Nc1cccc(CCNc2nc(N)n3nc(-c4ccco4)nc3n2)c1. The van der Waals surface area contributed by atoms with E-state index in [0.717, 1.165) is 17.7 Å². The van der Waals surface area contributed by atoms with Gasteiger partial charge in [0.2, 0.25) is 17.7 Å². The smallest absolute Gasteiger partial charge is 0.259 e. The molecule has 0 fully saturated rings. The first kappa shape index (κ1) is 14.9. The van der Waals surface area contributed by atoms with Crippen molar-refractivity contribution >= 4 is 23.4 Å². The van der Waals surface area contributed by atoms with Crippen molar-refractivity contribution in [3.8, 4) is 11.6 Å². The Kier molecular flexibility index (Phi) is 3.65. The van der Waals surface area contributed by atoms with Gasteiger partial charge in [0, 0.05) is 12.2 Å². The van der Waals surface area contributed by atoms with Crippen molar-refractivity contribution < 1.29 is 4.42 Å². The van der Waals surface area contributed by atoms with Crippen LogP contribution in [-0.4, -0.2) is 31.1 Å².